The number of carbonyl (C=O) groups is 1. The Morgan fingerprint density at radius 2 is 1.68 bits per heavy atom. The van der Waals surface area contributed by atoms with Crippen LogP contribution in [0.5, 0.6) is 0 Å². The SMILES string of the molecule is CC[C@H]1OC(=O)[C@H](C)[C@@H](O[C@H]2C[C@H](C)C[C@H](C)O2)[C@H](C)C[C@](C)(OC)C[C@@H](C)C(=N)[C@H](C)[C@@H](O)[C@]1(C)O. The minimum absolute atomic E-state index is 0.0731. The highest BCUT2D eigenvalue weighted by Gasteiger charge is 2.47. The third-order valence-corrected chi connectivity index (χ3v) is 8.81. The van der Waals surface area contributed by atoms with E-state index in [0.717, 1.165) is 12.8 Å². The summed E-state index contributed by atoms with van der Waals surface area (Å²) in [7, 11) is 1.67. The first-order valence-electron chi connectivity index (χ1n) is 14.1. The number of carbonyl (C=O) groups excluding carboxylic acids is 1. The van der Waals surface area contributed by atoms with Gasteiger partial charge in [-0.15, -0.1) is 0 Å². The number of ether oxygens (including phenoxy) is 4. The van der Waals surface area contributed by atoms with Crippen molar-refractivity contribution in [3.8, 4) is 0 Å². The minimum atomic E-state index is -1.73. The standard InChI is InChI=1S/C29H53NO7/c1-11-22-29(9,33)26(31)20(6)24(30)17(3)14-28(8,34-10)15-18(4)25(21(7)27(32)36-22)37-23-13-16(2)12-19(5)35-23/h16-23,25-26,30-31,33H,11-15H2,1-10H3/t16-,17-,18-,19+,20+,21-,22-,23+,25+,26-,28-,29-/m1/s1. The molecule has 0 spiro atoms. The molecule has 0 radical (unpaired) electrons. The molecule has 0 amide bonds. The van der Waals surface area contributed by atoms with Gasteiger partial charge in [-0.05, 0) is 71.1 Å². The molecule has 2 saturated heterocycles. The highest BCUT2D eigenvalue weighted by atomic mass is 16.7. The molecular formula is C29H53NO7. The molecule has 0 aromatic rings. The van der Waals surface area contributed by atoms with Crippen molar-refractivity contribution in [3.63, 3.8) is 0 Å². The first-order valence-corrected chi connectivity index (χ1v) is 14.1. The number of cyclic esters (lactones) is 1. The van der Waals surface area contributed by atoms with Crippen molar-refractivity contribution in [2.75, 3.05) is 7.11 Å². The van der Waals surface area contributed by atoms with Crippen molar-refractivity contribution < 1.29 is 34.0 Å². The van der Waals surface area contributed by atoms with Crippen LogP contribution >= 0.6 is 0 Å². The van der Waals surface area contributed by atoms with E-state index < -0.39 is 53.6 Å². The molecule has 0 aliphatic carbocycles. The van der Waals surface area contributed by atoms with E-state index in [-0.39, 0.29) is 17.9 Å². The maximum atomic E-state index is 13.5. The summed E-state index contributed by atoms with van der Waals surface area (Å²) in [5.74, 6) is -1.57. The van der Waals surface area contributed by atoms with Crippen molar-refractivity contribution in [1.29, 1.82) is 5.41 Å². The van der Waals surface area contributed by atoms with E-state index in [1.807, 2.05) is 27.7 Å². The number of methoxy groups -OCH3 is 1. The first-order chi connectivity index (χ1) is 17.1. The summed E-state index contributed by atoms with van der Waals surface area (Å²) in [5.41, 5.74) is -1.99. The molecule has 0 unspecified atom stereocenters. The molecule has 0 aromatic heterocycles. The Morgan fingerprint density at radius 1 is 1.05 bits per heavy atom. The largest absolute Gasteiger partial charge is 0.459 e. The van der Waals surface area contributed by atoms with E-state index >= 15 is 0 Å². The zero-order chi connectivity index (χ0) is 28.3. The number of hydrogen-bond donors (Lipinski definition) is 3. The van der Waals surface area contributed by atoms with E-state index in [1.54, 1.807) is 21.0 Å². The number of hydrogen-bond acceptors (Lipinski definition) is 8. The molecule has 0 bridgehead atoms. The van der Waals surface area contributed by atoms with Crippen molar-refractivity contribution in [2.24, 2.45) is 29.6 Å². The molecule has 8 nitrogen and oxygen atoms in total. The van der Waals surface area contributed by atoms with Crippen LogP contribution in [0.25, 0.3) is 0 Å². The lowest BCUT2D eigenvalue weighted by atomic mass is 9.75. The Bertz CT molecular complexity index is 763. The minimum Gasteiger partial charge on any atom is -0.459 e. The second kappa shape index (κ2) is 12.9. The van der Waals surface area contributed by atoms with Crippen molar-refractivity contribution >= 4 is 11.7 Å². The number of aliphatic hydroxyl groups is 2. The second-order valence-electron chi connectivity index (χ2n) is 12.5. The van der Waals surface area contributed by atoms with Crippen LogP contribution in [0.3, 0.4) is 0 Å². The molecule has 216 valence electrons. The summed E-state index contributed by atoms with van der Waals surface area (Å²) in [6, 6.07) is 0. The molecule has 2 fully saturated rings. The van der Waals surface area contributed by atoms with Crippen molar-refractivity contribution in [1.82, 2.24) is 0 Å². The van der Waals surface area contributed by atoms with Gasteiger partial charge in [0.25, 0.3) is 0 Å². The Morgan fingerprint density at radius 3 is 2.22 bits per heavy atom. The van der Waals surface area contributed by atoms with E-state index in [0.29, 0.717) is 30.9 Å². The second-order valence-corrected chi connectivity index (χ2v) is 12.5. The van der Waals surface area contributed by atoms with Gasteiger partial charge in [-0.2, -0.15) is 0 Å². The van der Waals surface area contributed by atoms with Gasteiger partial charge < -0.3 is 34.6 Å². The molecule has 0 saturated carbocycles. The van der Waals surface area contributed by atoms with E-state index in [1.165, 1.54) is 6.92 Å². The number of aliphatic hydroxyl groups excluding tert-OH is 1. The van der Waals surface area contributed by atoms with E-state index in [4.69, 9.17) is 24.4 Å². The average molecular weight is 528 g/mol. The first kappa shape index (κ1) is 32.2. The molecule has 2 aliphatic rings. The van der Waals surface area contributed by atoms with Gasteiger partial charge in [-0.3, -0.25) is 4.79 Å². The van der Waals surface area contributed by atoms with Crippen LogP contribution in [0, 0.1) is 35.0 Å². The van der Waals surface area contributed by atoms with Gasteiger partial charge in [0.1, 0.15) is 11.7 Å². The summed E-state index contributed by atoms with van der Waals surface area (Å²) in [6.07, 6.45) is 0.135. The van der Waals surface area contributed by atoms with Gasteiger partial charge in [0.05, 0.1) is 29.8 Å². The number of nitrogens with one attached hydrogen (secondary N) is 1. The zero-order valence-corrected chi connectivity index (χ0v) is 24.7. The molecule has 8 heteroatoms. The van der Waals surface area contributed by atoms with Gasteiger partial charge in [0.15, 0.2) is 6.29 Å². The predicted molar refractivity (Wildman–Crippen MR) is 143 cm³/mol. The van der Waals surface area contributed by atoms with Gasteiger partial charge >= 0.3 is 5.97 Å². The van der Waals surface area contributed by atoms with Crippen LogP contribution in [0.15, 0.2) is 0 Å². The smallest absolute Gasteiger partial charge is 0.311 e. The van der Waals surface area contributed by atoms with Crippen LogP contribution in [0.1, 0.15) is 94.4 Å². The quantitative estimate of drug-likeness (QED) is 0.452. The summed E-state index contributed by atoms with van der Waals surface area (Å²) >= 11 is 0. The summed E-state index contributed by atoms with van der Waals surface area (Å²) in [4.78, 5) is 13.5. The molecule has 12 atom stereocenters. The molecule has 37 heavy (non-hydrogen) atoms. The van der Waals surface area contributed by atoms with Crippen molar-refractivity contribution in [2.45, 2.75) is 136 Å². The molecule has 0 aromatic carbocycles. The molecular weight excluding hydrogens is 474 g/mol. The van der Waals surface area contributed by atoms with Crippen LogP contribution in [0.4, 0.5) is 0 Å². The zero-order valence-electron chi connectivity index (χ0n) is 24.7. The Balaban J connectivity index is 2.48. The lowest BCUT2D eigenvalue weighted by Gasteiger charge is -2.43. The van der Waals surface area contributed by atoms with Gasteiger partial charge in [-0.1, -0.05) is 34.6 Å². The molecule has 2 rings (SSSR count). The lowest BCUT2D eigenvalue weighted by molar-refractivity contribution is -0.242. The summed E-state index contributed by atoms with van der Waals surface area (Å²) in [5, 5.41) is 31.3. The maximum absolute atomic E-state index is 13.5. The fraction of sp³-hybridized carbons (Fsp3) is 0.931. The molecule has 2 aliphatic heterocycles. The Labute approximate surface area is 224 Å². The number of rotatable bonds is 4. The van der Waals surface area contributed by atoms with Crippen LogP contribution in [-0.2, 0) is 23.7 Å². The topological polar surface area (TPSA) is 118 Å². The van der Waals surface area contributed by atoms with Crippen molar-refractivity contribution in [3.05, 3.63) is 0 Å². The Kier molecular flexibility index (Phi) is 11.2. The molecule has 3 N–H and O–H groups in total. The predicted octanol–water partition coefficient (Wildman–Crippen LogP) is 4.73. The normalized spacial score (nSPS) is 47.2. The maximum Gasteiger partial charge on any atom is 0.311 e. The molecule has 2 heterocycles. The van der Waals surface area contributed by atoms with Gasteiger partial charge in [0, 0.05) is 25.2 Å². The third kappa shape index (κ3) is 7.75. The highest BCUT2D eigenvalue weighted by molar-refractivity contribution is 5.86. The average Bonchev–Trinajstić information content (AvgIpc) is 2.82. The monoisotopic (exact) mass is 527 g/mol. The summed E-state index contributed by atoms with van der Waals surface area (Å²) in [6.45, 7) is 17.1. The highest BCUT2D eigenvalue weighted by Crippen LogP contribution is 2.37. The third-order valence-electron chi connectivity index (χ3n) is 8.81. The fourth-order valence-corrected chi connectivity index (χ4v) is 6.49. The van der Waals surface area contributed by atoms with Gasteiger partial charge in [-0.25, -0.2) is 0 Å². The Hall–Kier alpha value is -1.06. The van der Waals surface area contributed by atoms with Gasteiger partial charge in [0.2, 0.25) is 0 Å². The van der Waals surface area contributed by atoms with E-state index in [9.17, 15) is 15.0 Å². The van der Waals surface area contributed by atoms with Crippen LogP contribution in [0.2, 0.25) is 0 Å². The van der Waals surface area contributed by atoms with Crippen LogP contribution < -0.4 is 0 Å². The van der Waals surface area contributed by atoms with E-state index in [2.05, 4.69) is 13.8 Å². The van der Waals surface area contributed by atoms with Crippen LogP contribution in [-0.4, -0.2) is 70.9 Å². The fourth-order valence-electron chi connectivity index (χ4n) is 6.49. The lowest BCUT2D eigenvalue weighted by Crippen LogP contribution is -2.56. The number of esters is 1. The summed E-state index contributed by atoms with van der Waals surface area (Å²) < 4.78 is 24.5.